The molecule has 1 aromatic carbocycles. The maximum Gasteiger partial charge on any atom is 0.404 e. The monoisotopic (exact) mass is 218 g/mol. The molecular formula is C9H8Cl2O2. The van der Waals surface area contributed by atoms with E-state index in [1.165, 1.54) is 0 Å². The lowest BCUT2D eigenvalue weighted by Crippen LogP contribution is -2.07. The van der Waals surface area contributed by atoms with Crippen molar-refractivity contribution < 1.29 is 9.53 Å². The van der Waals surface area contributed by atoms with E-state index in [4.69, 9.17) is 27.9 Å². The summed E-state index contributed by atoms with van der Waals surface area (Å²) in [6.45, 7) is 0. The van der Waals surface area contributed by atoms with Gasteiger partial charge in [0.25, 0.3) is 0 Å². The molecule has 0 aliphatic heterocycles. The first kappa shape index (κ1) is 10.4. The fourth-order valence-corrected chi connectivity index (χ4v) is 1.32. The molecule has 0 aliphatic rings. The Hall–Kier alpha value is -0.730. The Labute approximate surface area is 86.4 Å². The minimum atomic E-state index is -0.838. The second-order valence-corrected chi connectivity index (χ2v) is 3.03. The van der Waals surface area contributed by atoms with Gasteiger partial charge in [0.05, 0.1) is 5.88 Å². The highest BCUT2D eigenvalue weighted by atomic mass is 35.5. The van der Waals surface area contributed by atoms with Crippen LogP contribution in [0.25, 0.3) is 0 Å². The summed E-state index contributed by atoms with van der Waals surface area (Å²) >= 11 is 10.7. The van der Waals surface area contributed by atoms with Gasteiger partial charge in [0.2, 0.25) is 0 Å². The third kappa shape index (κ3) is 3.25. The number of alkyl halides is 1. The number of hydrogen-bond acceptors (Lipinski definition) is 2. The van der Waals surface area contributed by atoms with Crippen molar-refractivity contribution in [1.82, 2.24) is 0 Å². The molecule has 0 saturated heterocycles. The zero-order valence-corrected chi connectivity index (χ0v) is 8.26. The van der Waals surface area contributed by atoms with Crippen LogP contribution in [0.2, 0.25) is 0 Å². The summed E-state index contributed by atoms with van der Waals surface area (Å²) in [7, 11) is 0. The van der Waals surface area contributed by atoms with Crippen molar-refractivity contribution in [2.24, 2.45) is 0 Å². The molecule has 1 unspecified atom stereocenters. The molecule has 0 spiro atoms. The van der Waals surface area contributed by atoms with Crippen LogP contribution in [0, 0.1) is 0 Å². The highest BCUT2D eigenvalue weighted by Gasteiger charge is 2.13. The molecule has 13 heavy (non-hydrogen) atoms. The molecule has 2 nitrogen and oxygen atoms in total. The summed E-state index contributed by atoms with van der Waals surface area (Å²) in [5.74, 6) is 0.197. The van der Waals surface area contributed by atoms with Crippen LogP contribution < -0.4 is 0 Å². The van der Waals surface area contributed by atoms with E-state index in [0.717, 1.165) is 5.56 Å². The lowest BCUT2D eigenvalue weighted by molar-refractivity contribution is 0.134. The summed E-state index contributed by atoms with van der Waals surface area (Å²) in [5.41, 5.74) is 0.000929. The molecule has 0 N–H and O–H groups in total. The molecule has 0 saturated carbocycles. The minimum Gasteiger partial charge on any atom is -0.444 e. The first-order valence-corrected chi connectivity index (χ1v) is 4.62. The molecule has 0 aliphatic carbocycles. The van der Waals surface area contributed by atoms with Crippen molar-refractivity contribution in [1.29, 1.82) is 0 Å². The highest BCUT2D eigenvalue weighted by Crippen LogP contribution is 2.19. The predicted octanol–water partition coefficient (Wildman–Crippen LogP) is 3.34. The molecule has 1 rings (SSSR count). The molecule has 1 aromatic rings. The second kappa shape index (κ2) is 5.10. The lowest BCUT2D eigenvalue weighted by Gasteiger charge is -2.12. The van der Waals surface area contributed by atoms with Crippen LogP contribution in [0.15, 0.2) is 30.3 Å². The van der Waals surface area contributed by atoms with Crippen molar-refractivity contribution >= 4 is 28.6 Å². The van der Waals surface area contributed by atoms with Crippen molar-refractivity contribution in [3.8, 4) is 0 Å². The van der Waals surface area contributed by atoms with Crippen LogP contribution in [0.4, 0.5) is 4.79 Å². The van der Waals surface area contributed by atoms with Crippen LogP contribution in [0.3, 0.4) is 0 Å². The second-order valence-electron chi connectivity index (χ2n) is 2.41. The Morgan fingerprint density at radius 2 is 2.00 bits per heavy atom. The maximum atomic E-state index is 10.5. The van der Waals surface area contributed by atoms with Crippen LogP contribution in [-0.4, -0.2) is 11.3 Å². The first-order valence-electron chi connectivity index (χ1n) is 3.71. The Morgan fingerprint density at radius 1 is 1.38 bits per heavy atom. The van der Waals surface area contributed by atoms with Gasteiger partial charge in [-0.25, -0.2) is 4.79 Å². The Kier molecular flexibility index (Phi) is 4.06. The quantitative estimate of drug-likeness (QED) is 0.575. The summed E-state index contributed by atoms with van der Waals surface area (Å²) in [4.78, 5) is 10.5. The van der Waals surface area contributed by atoms with Crippen molar-refractivity contribution in [2.75, 3.05) is 5.88 Å². The SMILES string of the molecule is O=C(Cl)OC(CCl)c1ccccc1. The number of halogens is 2. The zero-order valence-electron chi connectivity index (χ0n) is 6.74. The third-order valence-corrected chi connectivity index (χ3v) is 1.92. The lowest BCUT2D eigenvalue weighted by atomic mass is 10.1. The van der Waals surface area contributed by atoms with Crippen LogP contribution in [0.5, 0.6) is 0 Å². The van der Waals surface area contributed by atoms with E-state index >= 15 is 0 Å². The number of benzene rings is 1. The zero-order chi connectivity index (χ0) is 9.68. The largest absolute Gasteiger partial charge is 0.444 e. The minimum absolute atomic E-state index is 0.197. The van der Waals surface area contributed by atoms with E-state index in [0.29, 0.717) is 0 Å². The summed E-state index contributed by atoms with van der Waals surface area (Å²) in [5, 5.41) is 0. The van der Waals surface area contributed by atoms with Crippen molar-refractivity contribution in [3.63, 3.8) is 0 Å². The van der Waals surface area contributed by atoms with Gasteiger partial charge in [-0.2, -0.15) is 0 Å². The van der Waals surface area contributed by atoms with Crippen molar-refractivity contribution in [2.45, 2.75) is 6.10 Å². The van der Waals surface area contributed by atoms with Gasteiger partial charge in [0.1, 0.15) is 6.10 Å². The highest BCUT2D eigenvalue weighted by molar-refractivity contribution is 6.61. The fraction of sp³-hybridized carbons (Fsp3) is 0.222. The predicted molar refractivity (Wildman–Crippen MR) is 52.2 cm³/mol. The standard InChI is InChI=1S/C9H8Cl2O2/c10-6-8(13-9(11)12)7-4-2-1-3-5-7/h1-5,8H,6H2. The van der Waals surface area contributed by atoms with Crippen LogP contribution in [0.1, 0.15) is 11.7 Å². The average molecular weight is 219 g/mol. The number of rotatable bonds is 3. The smallest absolute Gasteiger partial charge is 0.404 e. The molecule has 70 valence electrons. The van der Waals surface area contributed by atoms with E-state index in [1.54, 1.807) is 0 Å². The van der Waals surface area contributed by atoms with Gasteiger partial charge in [-0.15, -0.1) is 11.6 Å². The summed E-state index contributed by atoms with van der Waals surface area (Å²) in [6, 6.07) is 9.21. The summed E-state index contributed by atoms with van der Waals surface area (Å²) in [6.07, 6.45) is -0.465. The topological polar surface area (TPSA) is 26.3 Å². The van der Waals surface area contributed by atoms with Gasteiger partial charge in [-0.1, -0.05) is 30.3 Å². The van der Waals surface area contributed by atoms with E-state index in [-0.39, 0.29) is 5.88 Å². The third-order valence-electron chi connectivity index (χ3n) is 1.55. The molecular weight excluding hydrogens is 211 g/mol. The molecule has 0 radical (unpaired) electrons. The van der Waals surface area contributed by atoms with E-state index in [2.05, 4.69) is 0 Å². The molecule has 0 heterocycles. The molecule has 0 aromatic heterocycles. The Balaban J connectivity index is 2.73. The molecule has 0 bridgehead atoms. The van der Waals surface area contributed by atoms with Gasteiger partial charge in [0, 0.05) is 11.6 Å². The first-order chi connectivity index (χ1) is 6.24. The molecule has 1 atom stereocenters. The average Bonchev–Trinajstić information content (AvgIpc) is 2.15. The molecule has 0 fully saturated rings. The number of ether oxygens (including phenoxy) is 1. The number of carbonyl (C=O) groups excluding carboxylic acids is 1. The van der Waals surface area contributed by atoms with E-state index in [9.17, 15) is 4.79 Å². The molecule has 0 amide bonds. The van der Waals surface area contributed by atoms with Gasteiger partial charge < -0.3 is 4.74 Å². The van der Waals surface area contributed by atoms with Gasteiger partial charge in [-0.3, -0.25) is 0 Å². The van der Waals surface area contributed by atoms with Gasteiger partial charge in [0.15, 0.2) is 0 Å². The number of carbonyl (C=O) groups is 1. The van der Waals surface area contributed by atoms with E-state index < -0.39 is 11.5 Å². The van der Waals surface area contributed by atoms with Crippen molar-refractivity contribution in [3.05, 3.63) is 35.9 Å². The normalized spacial score (nSPS) is 12.2. The number of hydrogen-bond donors (Lipinski definition) is 0. The van der Waals surface area contributed by atoms with Crippen LogP contribution in [-0.2, 0) is 4.74 Å². The van der Waals surface area contributed by atoms with Gasteiger partial charge in [-0.05, 0) is 5.56 Å². The van der Waals surface area contributed by atoms with Crippen LogP contribution >= 0.6 is 23.2 Å². The summed E-state index contributed by atoms with van der Waals surface area (Å²) < 4.78 is 4.78. The molecule has 4 heteroatoms. The van der Waals surface area contributed by atoms with Gasteiger partial charge >= 0.3 is 5.43 Å². The maximum absolute atomic E-state index is 10.5. The fourth-order valence-electron chi connectivity index (χ4n) is 0.968. The van der Waals surface area contributed by atoms with E-state index in [1.807, 2.05) is 30.3 Å². The Morgan fingerprint density at radius 3 is 2.46 bits per heavy atom. The Bertz CT molecular complexity index is 274.